The molecule has 0 bridgehead atoms. The molecule has 0 spiro atoms. The van der Waals surface area contributed by atoms with E-state index in [4.69, 9.17) is 4.98 Å². The van der Waals surface area contributed by atoms with E-state index in [0.717, 1.165) is 31.6 Å². The van der Waals surface area contributed by atoms with Crippen LogP contribution in [-0.2, 0) is 12.8 Å². The Hall–Kier alpha value is -1.82. The topological polar surface area (TPSA) is 48.7 Å². The monoisotopic (exact) mass is 267 g/mol. The first-order chi connectivity index (χ1) is 9.86. The molecule has 104 valence electrons. The minimum Gasteiger partial charge on any atom is -0.369 e. The molecule has 3 nitrogen and oxygen atoms in total. The van der Waals surface area contributed by atoms with Gasteiger partial charge in [-0.3, -0.25) is 0 Å². The molecule has 3 heteroatoms. The summed E-state index contributed by atoms with van der Waals surface area (Å²) in [6.07, 6.45) is 12.6. The van der Waals surface area contributed by atoms with Crippen molar-refractivity contribution >= 4 is 5.82 Å². The van der Waals surface area contributed by atoms with Crippen LogP contribution >= 0.6 is 0 Å². The molecule has 0 amide bonds. The van der Waals surface area contributed by atoms with Crippen LogP contribution < -0.4 is 5.32 Å². The Morgan fingerprint density at radius 2 is 2.20 bits per heavy atom. The largest absolute Gasteiger partial charge is 0.369 e. The normalized spacial score (nSPS) is 21.1. The van der Waals surface area contributed by atoms with Gasteiger partial charge in [-0.25, -0.2) is 4.98 Å². The number of nitriles is 1. The third kappa shape index (κ3) is 2.85. The number of aryl methyl sites for hydroxylation is 2. The lowest BCUT2D eigenvalue weighted by Gasteiger charge is -2.21. The van der Waals surface area contributed by atoms with Gasteiger partial charge in [-0.05, 0) is 62.5 Å². The number of pyridine rings is 1. The second kappa shape index (κ2) is 6.09. The van der Waals surface area contributed by atoms with E-state index in [2.05, 4.69) is 23.5 Å². The van der Waals surface area contributed by atoms with Gasteiger partial charge in [0.1, 0.15) is 11.9 Å². The van der Waals surface area contributed by atoms with Crippen LogP contribution in [0.2, 0.25) is 0 Å². The van der Waals surface area contributed by atoms with Gasteiger partial charge in [-0.15, -0.1) is 0 Å². The molecule has 0 saturated carbocycles. The molecular formula is C17H21N3. The summed E-state index contributed by atoms with van der Waals surface area (Å²) >= 11 is 0. The van der Waals surface area contributed by atoms with Gasteiger partial charge >= 0.3 is 0 Å². The van der Waals surface area contributed by atoms with Crippen molar-refractivity contribution in [2.24, 2.45) is 5.92 Å². The van der Waals surface area contributed by atoms with Gasteiger partial charge < -0.3 is 5.32 Å². The number of hydrogen-bond acceptors (Lipinski definition) is 3. The minimum atomic E-state index is 0.671. The van der Waals surface area contributed by atoms with E-state index in [-0.39, 0.29) is 0 Å². The van der Waals surface area contributed by atoms with Crippen molar-refractivity contribution in [2.45, 2.75) is 44.9 Å². The van der Waals surface area contributed by atoms with Gasteiger partial charge in [0.25, 0.3) is 0 Å². The number of allylic oxidation sites excluding steroid dienone is 2. The van der Waals surface area contributed by atoms with Crippen LogP contribution in [-0.4, -0.2) is 11.5 Å². The molecule has 20 heavy (non-hydrogen) atoms. The molecule has 1 N–H and O–H groups in total. The van der Waals surface area contributed by atoms with Crippen LogP contribution in [0.4, 0.5) is 5.82 Å². The zero-order chi connectivity index (χ0) is 13.8. The highest BCUT2D eigenvalue weighted by Crippen LogP contribution is 2.25. The number of hydrogen-bond donors (Lipinski definition) is 1. The first-order valence-corrected chi connectivity index (χ1v) is 7.68. The Labute approximate surface area is 120 Å². The number of rotatable bonds is 3. The Bertz CT molecular complexity index is 554. The molecule has 1 aromatic rings. The van der Waals surface area contributed by atoms with E-state index in [1.165, 1.54) is 36.9 Å². The van der Waals surface area contributed by atoms with Gasteiger partial charge in [0.15, 0.2) is 0 Å². The van der Waals surface area contributed by atoms with E-state index in [0.29, 0.717) is 11.5 Å². The van der Waals surface area contributed by atoms with Gasteiger partial charge in [-0.2, -0.15) is 5.26 Å². The summed E-state index contributed by atoms with van der Waals surface area (Å²) in [5, 5.41) is 12.7. The predicted octanol–water partition coefficient (Wildman–Crippen LogP) is 3.60. The number of fused-ring (bicyclic) bond motifs is 1. The van der Waals surface area contributed by atoms with E-state index < -0.39 is 0 Å². The maximum atomic E-state index is 9.32. The second-order valence-corrected chi connectivity index (χ2v) is 5.84. The fourth-order valence-electron chi connectivity index (χ4n) is 3.14. The molecule has 1 atom stereocenters. The first-order valence-electron chi connectivity index (χ1n) is 7.68. The summed E-state index contributed by atoms with van der Waals surface area (Å²) < 4.78 is 0. The van der Waals surface area contributed by atoms with E-state index in [9.17, 15) is 5.26 Å². The number of anilines is 1. The van der Waals surface area contributed by atoms with E-state index in [1.54, 1.807) is 0 Å². The molecule has 1 heterocycles. The molecular weight excluding hydrogens is 246 g/mol. The minimum absolute atomic E-state index is 0.671. The lowest BCUT2D eigenvalue weighted by atomic mass is 9.94. The Morgan fingerprint density at radius 1 is 1.30 bits per heavy atom. The second-order valence-electron chi connectivity index (χ2n) is 5.84. The third-order valence-electron chi connectivity index (χ3n) is 4.36. The van der Waals surface area contributed by atoms with Crippen LogP contribution in [0.15, 0.2) is 18.2 Å². The highest BCUT2D eigenvalue weighted by Gasteiger charge is 2.16. The van der Waals surface area contributed by atoms with Crippen molar-refractivity contribution in [2.75, 3.05) is 11.9 Å². The lowest BCUT2D eigenvalue weighted by Crippen LogP contribution is -2.18. The smallest absolute Gasteiger partial charge is 0.144 e. The number of nitrogens with one attached hydrogen (secondary N) is 1. The molecule has 2 aliphatic carbocycles. The van der Waals surface area contributed by atoms with E-state index in [1.807, 2.05) is 6.07 Å². The van der Waals surface area contributed by atoms with Gasteiger partial charge in [0.05, 0.1) is 5.56 Å². The summed E-state index contributed by atoms with van der Waals surface area (Å²) in [5.41, 5.74) is 3.18. The van der Waals surface area contributed by atoms with Crippen LogP contribution in [0.1, 0.15) is 48.9 Å². The molecule has 2 aliphatic rings. The Kier molecular flexibility index (Phi) is 4.01. The van der Waals surface area contributed by atoms with Crippen LogP contribution in [0.25, 0.3) is 0 Å². The van der Waals surface area contributed by atoms with Crippen molar-refractivity contribution in [3.8, 4) is 6.07 Å². The van der Waals surface area contributed by atoms with Crippen molar-refractivity contribution < 1.29 is 0 Å². The Balaban J connectivity index is 1.74. The Morgan fingerprint density at radius 3 is 3.00 bits per heavy atom. The standard InChI is InChI=1S/C17H21N3/c18-11-15-10-14-8-4-5-9-16(14)20-17(15)19-12-13-6-2-1-3-7-13/h1-2,10,13H,3-9,12H2,(H,19,20). The summed E-state index contributed by atoms with van der Waals surface area (Å²) in [5.74, 6) is 1.46. The zero-order valence-electron chi connectivity index (χ0n) is 11.9. The third-order valence-corrected chi connectivity index (χ3v) is 4.36. The van der Waals surface area contributed by atoms with E-state index >= 15 is 0 Å². The summed E-state index contributed by atoms with van der Waals surface area (Å²) in [7, 11) is 0. The average molecular weight is 267 g/mol. The number of aromatic nitrogens is 1. The first kappa shape index (κ1) is 13.2. The molecule has 1 unspecified atom stereocenters. The van der Waals surface area contributed by atoms with Gasteiger partial charge in [-0.1, -0.05) is 12.2 Å². The van der Waals surface area contributed by atoms with Crippen molar-refractivity contribution in [1.82, 2.24) is 4.98 Å². The van der Waals surface area contributed by atoms with Gasteiger partial charge in [0, 0.05) is 12.2 Å². The SMILES string of the molecule is N#Cc1cc2c(nc1NCC1CC=CCC1)CCCC2. The van der Waals surface area contributed by atoms with Crippen molar-refractivity contribution in [3.05, 3.63) is 35.0 Å². The summed E-state index contributed by atoms with van der Waals surface area (Å²) in [6, 6.07) is 4.34. The maximum Gasteiger partial charge on any atom is 0.144 e. The molecule has 1 aromatic heterocycles. The molecule has 0 aliphatic heterocycles. The predicted molar refractivity (Wildman–Crippen MR) is 80.6 cm³/mol. The quantitative estimate of drug-likeness (QED) is 0.851. The van der Waals surface area contributed by atoms with Crippen LogP contribution in [0, 0.1) is 17.2 Å². The average Bonchev–Trinajstić information content (AvgIpc) is 2.53. The van der Waals surface area contributed by atoms with Crippen molar-refractivity contribution in [3.63, 3.8) is 0 Å². The summed E-state index contributed by atoms with van der Waals surface area (Å²) in [4.78, 5) is 4.72. The lowest BCUT2D eigenvalue weighted by molar-refractivity contribution is 0.503. The maximum absolute atomic E-state index is 9.32. The molecule has 0 fully saturated rings. The molecule has 0 radical (unpaired) electrons. The fraction of sp³-hybridized carbons (Fsp3) is 0.529. The fourth-order valence-corrected chi connectivity index (χ4v) is 3.14. The van der Waals surface area contributed by atoms with Crippen molar-refractivity contribution in [1.29, 1.82) is 5.26 Å². The summed E-state index contributed by atoms with van der Waals surface area (Å²) in [6.45, 7) is 0.921. The molecule has 0 aromatic carbocycles. The zero-order valence-corrected chi connectivity index (χ0v) is 11.9. The highest BCUT2D eigenvalue weighted by atomic mass is 15.0. The van der Waals surface area contributed by atoms with Gasteiger partial charge in [0.2, 0.25) is 0 Å². The van der Waals surface area contributed by atoms with Crippen LogP contribution in [0.3, 0.4) is 0 Å². The molecule has 0 saturated heterocycles. The number of nitrogens with zero attached hydrogens (tertiary/aromatic N) is 2. The van der Waals surface area contributed by atoms with Crippen LogP contribution in [0.5, 0.6) is 0 Å². The highest BCUT2D eigenvalue weighted by molar-refractivity contribution is 5.54. The molecule has 3 rings (SSSR count).